The van der Waals surface area contributed by atoms with Gasteiger partial charge in [-0.25, -0.2) is 4.39 Å². The largest absolute Gasteiger partial charge is 0.348 e. The summed E-state index contributed by atoms with van der Waals surface area (Å²) in [7, 11) is 0. The highest BCUT2D eigenvalue weighted by molar-refractivity contribution is 9.10. The number of nitrogens with one attached hydrogen (secondary N) is 1. The van der Waals surface area contributed by atoms with E-state index >= 15 is 0 Å². The third kappa shape index (κ3) is 3.64. The Morgan fingerprint density at radius 1 is 1.21 bits per heavy atom. The summed E-state index contributed by atoms with van der Waals surface area (Å²) >= 11 is 3.35. The molecule has 0 atom stereocenters. The number of hydrogen-bond acceptors (Lipinski definition) is 1. The highest BCUT2D eigenvalue weighted by Gasteiger charge is 2.07. The van der Waals surface area contributed by atoms with Crippen molar-refractivity contribution < 1.29 is 9.18 Å². The predicted octanol–water partition coefficient (Wildman–Crippen LogP) is 3.83. The first kappa shape index (κ1) is 13.7. The molecule has 0 aliphatic carbocycles. The van der Waals surface area contributed by atoms with Crippen LogP contribution in [0, 0.1) is 12.7 Å². The molecule has 98 valence electrons. The SMILES string of the molecule is Cc1ccc(C(=O)NCc2ccc(Br)cc2)cc1F. The van der Waals surface area contributed by atoms with E-state index in [0.717, 1.165) is 10.0 Å². The molecule has 2 rings (SSSR count). The zero-order valence-electron chi connectivity index (χ0n) is 10.4. The number of rotatable bonds is 3. The minimum absolute atomic E-state index is 0.276. The van der Waals surface area contributed by atoms with Gasteiger partial charge in [-0.05, 0) is 42.3 Å². The van der Waals surface area contributed by atoms with Gasteiger partial charge in [0.25, 0.3) is 5.91 Å². The van der Waals surface area contributed by atoms with E-state index in [0.29, 0.717) is 17.7 Å². The molecule has 0 aromatic heterocycles. The summed E-state index contributed by atoms with van der Waals surface area (Å²) in [6, 6.07) is 12.1. The number of aryl methyl sites for hydroxylation is 1. The van der Waals surface area contributed by atoms with E-state index in [2.05, 4.69) is 21.2 Å². The van der Waals surface area contributed by atoms with Gasteiger partial charge in [-0.1, -0.05) is 34.1 Å². The van der Waals surface area contributed by atoms with Gasteiger partial charge in [-0.15, -0.1) is 0 Å². The van der Waals surface area contributed by atoms with Crippen molar-refractivity contribution in [3.05, 3.63) is 69.4 Å². The molecule has 0 aliphatic heterocycles. The van der Waals surface area contributed by atoms with Crippen LogP contribution in [-0.4, -0.2) is 5.91 Å². The number of benzene rings is 2. The van der Waals surface area contributed by atoms with Gasteiger partial charge in [0, 0.05) is 16.6 Å². The van der Waals surface area contributed by atoms with Crippen molar-refractivity contribution in [2.45, 2.75) is 13.5 Å². The molecule has 1 amide bonds. The van der Waals surface area contributed by atoms with E-state index in [1.54, 1.807) is 19.1 Å². The average molecular weight is 322 g/mol. The van der Waals surface area contributed by atoms with Crippen LogP contribution in [0.3, 0.4) is 0 Å². The first-order valence-corrected chi connectivity index (χ1v) is 6.64. The van der Waals surface area contributed by atoms with Crippen LogP contribution in [0.1, 0.15) is 21.5 Å². The van der Waals surface area contributed by atoms with E-state index in [4.69, 9.17) is 0 Å². The monoisotopic (exact) mass is 321 g/mol. The van der Waals surface area contributed by atoms with Crippen LogP contribution in [0.4, 0.5) is 4.39 Å². The number of carbonyl (C=O) groups excluding carboxylic acids is 1. The Balaban J connectivity index is 2.01. The summed E-state index contributed by atoms with van der Waals surface area (Å²) < 4.78 is 14.4. The van der Waals surface area contributed by atoms with Gasteiger partial charge >= 0.3 is 0 Å². The van der Waals surface area contributed by atoms with Crippen molar-refractivity contribution >= 4 is 21.8 Å². The zero-order chi connectivity index (χ0) is 13.8. The minimum atomic E-state index is -0.365. The number of carbonyl (C=O) groups is 1. The van der Waals surface area contributed by atoms with Crippen LogP contribution >= 0.6 is 15.9 Å². The molecule has 0 aliphatic rings. The van der Waals surface area contributed by atoms with E-state index in [1.807, 2.05) is 24.3 Å². The van der Waals surface area contributed by atoms with Crippen molar-refractivity contribution in [2.75, 3.05) is 0 Å². The molecule has 0 spiro atoms. The maximum absolute atomic E-state index is 13.4. The molecule has 19 heavy (non-hydrogen) atoms. The lowest BCUT2D eigenvalue weighted by atomic mass is 10.1. The summed E-state index contributed by atoms with van der Waals surface area (Å²) in [5, 5.41) is 2.76. The summed E-state index contributed by atoms with van der Waals surface area (Å²) in [6.07, 6.45) is 0. The van der Waals surface area contributed by atoms with Gasteiger partial charge in [-0.3, -0.25) is 4.79 Å². The Morgan fingerprint density at radius 2 is 1.89 bits per heavy atom. The summed E-state index contributed by atoms with van der Waals surface area (Å²) in [5.41, 5.74) is 1.86. The normalized spacial score (nSPS) is 10.3. The Labute approximate surface area is 119 Å². The van der Waals surface area contributed by atoms with Crippen LogP contribution in [0.2, 0.25) is 0 Å². The molecule has 0 saturated carbocycles. The summed E-state index contributed by atoms with van der Waals surface area (Å²) in [4.78, 5) is 11.9. The molecule has 0 radical (unpaired) electrons. The third-order valence-corrected chi connectivity index (χ3v) is 3.33. The summed E-state index contributed by atoms with van der Waals surface area (Å²) in [5.74, 6) is -0.641. The molecular weight excluding hydrogens is 309 g/mol. The van der Waals surface area contributed by atoms with Gasteiger partial charge in [0.15, 0.2) is 0 Å². The molecule has 2 aromatic carbocycles. The van der Waals surface area contributed by atoms with Gasteiger partial charge in [0.05, 0.1) is 0 Å². The number of halogens is 2. The first-order chi connectivity index (χ1) is 9.06. The number of amides is 1. The predicted molar refractivity (Wildman–Crippen MR) is 76.4 cm³/mol. The molecule has 2 nitrogen and oxygen atoms in total. The lowest BCUT2D eigenvalue weighted by Gasteiger charge is -2.06. The Morgan fingerprint density at radius 3 is 2.53 bits per heavy atom. The maximum atomic E-state index is 13.4. The van der Waals surface area contributed by atoms with Crippen molar-refractivity contribution in [3.8, 4) is 0 Å². The lowest BCUT2D eigenvalue weighted by Crippen LogP contribution is -2.22. The van der Waals surface area contributed by atoms with Crippen molar-refractivity contribution in [1.82, 2.24) is 5.32 Å². The fraction of sp³-hybridized carbons (Fsp3) is 0.133. The van der Waals surface area contributed by atoms with Crippen molar-refractivity contribution in [2.24, 2.45) is 0 Å². The van der Waals surface area contributed by atoms with Gasteiger partial charge in [0.2, 0.25) is 0 Å². The highest BCUT2D eigenvalue weighted by Crippen LogP contribution is 2.11. The molecule has 0 unspecified atom stereocenters. The van der Waals surface area contributed by atoms with Crippen LogP contribution in [0.25, 0.3) is 0 Å². The molecule has 1 N–H and O–H groups in total. The number of hydrogen-bond donors (Lipinski definition) is 1. The van der Waals surface area contributed by atoms with Crippen LogP contribution in [-0.2, 0) is 6.54 Å². The van der Waals surface area contributed by atoms with Crippen LogP contribution in [0.5, 0.6) is 0 Å². The van der Waals surface area contributed by atoms with Gasteiger partial charge in [-0.2, -0.15) is 0 Å². The second-order valence-electron chi connectivity index (χ2n) is 4.27. The van der Waals surface area contributed by atoms with E-state index < -0.39 is 0 Å². The van der Waals surface area contributed by atoms with Crippen LogP contribution < -0.4 is 5.32 Å². The molecule has 0 saturated heterocycles. The summed E-state index contributed by atoms with van der Waals surface area (Å²) in [6.45, 7) is 2.08. The van der Waals surface area contributed by atoms with Crippen LogP contribution in [0.15, 0.2) is 46.9 Å². The topological polar surface area (TPSA) is 29.1 Å². The second kappa shape index (κ2) is 5.97. The van der Waals surface area contributed by atoms with Crippen molar-refractivity contribution in [1.29, 1.82) is 0 Å². The maximum Gasteiger partial charge on any atom is 0.251 e. The molecule has 0 fully saturated rings. The lowest BCUT2D eigenvalue weighted by molar-refractivity contribution is 0.0950. The van der Waals surface area contributed by atoms with E-state index in [-0.39, 0.29) is 11.7 Å². The fourth-order valence-electron chi connectivity index (χ4n) is 1.62. The molecule has 4 heteroatoms. The van der Waals surface area contributed by atoms with E-state index in [9.17, 15) is 9.18 Å². The standard InChI is InChI=1S/C15H13BrFNO/c1-10-2-5-12(8-14(10)17)15(19)18-9-11-3-6-13(16)7-4-11/h2-8H,9H2,1H3,(H,18,19). The average Bonchev–Trinajstić information content (AvgIpc) is 2.41. The smallest absolute Gasteiger partial charge is 0.251 e. The quantitative estimate of drug-likeness (QED) is 0.914. The highest BCUT2D eigenvalue weighted by atomic mass is 79.9. The first-order valence-electron chi connectivity index (χ1n) is 5.85. The van der Waals surface area contributed by atoms with Crippen molar-refractivity contribution in [3.63, 3.8) is 0 Å². The molecule has 0 heterocycles. The zero-order valence-corrected chi connectivity index (χ0v) is 12.0. The minimum Gasteiger partial charge on any atom is -0.348 e. The molecule has 0 bridgehead atoms. The second-order valence-corrected chi connectivity index (χ2v) is 5.19. The Kier molecular flexibility index (Phi) is 4.32. The third-order valence-electron chi connectivity index (χ3n) is 2.80. The van der Waals surface area contributed by atoms with E-state index in [1.165, 1.54) is 6.07 Å². The molecule has 2 aromatic rings. The fourth-order valence-corrected chi connectivity index (χ4v) is 1.89. The Hall–Kier alpha value is -1.68. The Bertz CT molecular complexity index is 596. The molecular formula is C15H13BrFNO. The van der Waals surface area contributed by atoms with Gasteiger partial charge < -0.3 is 5.32 Å². The van der Waals surface area contributed by atoms with Gasteiger partial charge in [0.1, 0.15) is 5.82 Å².